The van der Waals surface area contributed by atoms with E-state index in [0.717, 1.165) is 0 Å². The molecule has 0 aromatic heterocycles. The van der Waals surface area contributed by atoms with Crippen LogP contribution in [0.4, 0.5) is 0 Å². The highest BCUT2D eigenvalue weighted by Gasteiger charge is 1.93. The van der Waals surface area contributed by atoms with Crippen molar-refractivity contribution < 1.29 is 0 Å². The lowest BCUT2D eigenvalue weighted by Gasteiger charge is -2.01. The molecule has 0 unspecified atom stereocenters. The summed E-state index contributed by atoms with van der Waals surface area (Å²) in [5.41, 5.74) is 4.35. The topological polar surface area (TPSA) is 0 Å². The maximum atomic E-state index is 2.36. The molecule has 1 heteroatoms. The zero-order valence-corrected chi connectivity index (χ0v) is 9.06. The molecule has 1 aromatic carbocycles. The molecule has 1 rings (SSSR count). The summed E-state index contributed by atoms with van der Waals surface area (Å²) in [5, 5.41) is 0. The van der Waals surface area contributed by atoms with Gasteiger partial charge >= 0.3 is 0 Å². The summed E-state index contributed by atoms with van der Waals surface area (Å²) in [6, 6.07) is 8.20. The normalized spacial score (nSPS) is 11.2. The largest absolute Gasteiger partial charge is 0.0746 e. The van der Waals surface area contributed by atoms with Crippen LogP contribution in [0.2, 0.25) is 6.55 Å². The lowest BCUT2D eigenvalue weighted by molar-refractivity contribution is 1.29. The van der Waals surface area contributed by atoms with E-state index in [1.807, 2.05) is 0 Å². The molecular weight excluding hydrogens is 148 g/mol. The van der Waals surface area contributed by atoms with E-state index in [-0.39, 0.29) is 9.52 Å². The van der Waals surface area contributed by atoms with Gasteiger partial charge in [0.2, 0.25) is 0 Å². The summed E-state index contributed by atoms with van der Waals surface area (Å²) in [7, 11) is 0.184. The van der Waals surface area contributed by atoms with Crippen molar-refractivity contribution in [1.29, 1.82) is 0 Å². The van der Waals surface area contributed by atoms with Crippen molar-refractivity contribution in [3.05, 3.63) is 34.9 Å². The van der Waals surface area contributed by atoms with Crippen LogP contribution in [0.1, 0.15) is 16.7 Å². The van der Waals surface area contributed by atoms with Crippen LogP contribution in [0.3, 0.4) is 0 Å². The molecule has 11 heavy (non-hydrogen) atoms. The van der Waals surface area contributed by atoms with Gasteiger partial charge in [0.25, 0.3) is 0 Å². The average molecular weight is 164 g/mol. The van der Waals surface area contributed by atoms with E-state index in [2.05, 4.69) is 38.6 Å². The molecule has 60 valence electrons. The third-order valence-corrected chi connectivity index (χ3v) is 2.90. The zero-order valence-electron chi connectivity index (χ0n) is 7.65. The Hall–Kier alpha value is -0.563. The van der Waals surface area contributed by atoms with Gasteiger partial charge in [-0.2, -0.15) is 0 Å². The highest BCUT2D eigenvalue weighted by Crippen LogP contribution is 2.08. The maximum absolute atomic E-state index is 2.36. The number of hydrogen-bond donors (Lipinski definition) is 0. The van der Waals surface area contributed by atoms with Crippen LogP contribution < -0.4 is 0 Å². The Bertz CT molecular complexity index is 220. The molecule has 1 aromatic rings. The molecule has 0 amide bonds. The minimum absolute atomic E-state index is 0.184. The quantitative estimate of drug-likeness (QED) is 0.587. The second-order valence-corrected chi connectivity index (χ2v) is 4.75. The van der Waals surface area contributed by atoms with Gasteiger partial charge in [-0.3, -0.25) is 0 Å². The molecule has 0 fully saturated rings. The van der Waals surface area contributed by atoms with E-state index < -0.39 is 0 Å². The number of aryl methyl sites for hydroxylation is 2. The Labute approximate surface area is 71.5 Å². The third kappa shape index (κ3) is 2.50. The summed E-state index contributed by atoms with van der Waals surface area (Å²) in [4.78, 5) is 0. The predicted molar refractivity (Wildman–Crippen MR) is 54.0 cm³/mol. The first kappa shape index (κ1) is 8.53. The van der Waals surface area contributed by atoms with Crippen molar-refractivity contribution in [2.24, 2.45) is 0 Å². The standard InChI is InChI=1S/C10H16Si/c1-8-4-9(2)6-10(5-8)7-11-3/h4-6H,7,11H2,1-3H3. The van der Waals surface area contributed by atoms with Crippen LogP contribution in [0, 0.1) is 13.8 Å². The summed E-state index contributed by atoms with van der Waals surface area (Å²) in [6.45, 7) is 6.71. The minimum Gasteiger partial charge on any atom is -0.0746 e. The molecule has 0 saturated carbocycles. The first-order valence-corrected chi connectivity index (χ1v) is 6.71. The Morgan fingerprint density at radius 1 is 1.09 bits per heavy atom. The van der Waals surface area contributed by atoms with Crippen molar-refractivity contribution in [1.82, 2.24) is 0 Å². The van der Waals surface area contributed by atoms with Gasteiger partial charge in [0.15, 0.2) is 0 Å². The lowest BCUT2D eigenvalue weighted by atomic mass is 10.1. The van der Waals surface area contributed by atoms with Gasteiger partial charge in [0.05, 0.1) is 0 Å². The Balaban J connectivity index is 2.89. The molecule has 0 spiro atoms. The first-order chi connectivity index (χ1) is 5.22. The van der Waals surface area contributed by atoms with E-state index in [4.69, 9.17) is 0 Å². The molecule has 0 aliphatic rings. The van der Waals surface area contributed by atoms with E-state index in [1.54, 1.807) is 0 Å². The highest BCUT2D eigenvalue weighted by molar-refractivity contribution is 6.32. The molecule has 0 aliphatic heterocycles. The highest BCUT2D eigenvalue weighted by atomic mass is 28.2. The van der Waals surface area contributed by atoms with Gasteiger partial charge in [0, 0.05) is 9.52 Å². The van der Waals surface area contributed by atoms with Crippen LogP contribution in [0.25, 0.3) is 0 Å². The molecule has 0 radical (unpaired) electrons. The van der Waals surface area contributed by atoms with Gasteiger partial charge in [-0.25, -0.2) is 0 Å². The SMILES string of the molecule is C[SiH2]Cc1cc(C)cc(C)c1. The predicted octanol–water partition coefficient (Wildman–Crippen LogP) is 2.02. The van der Waals surface area contributed by atoms with Crippen LogP contribution in [0.5, 0.6) is 0 Å². The van der Waals surface area contributed by atoms with Crippen molar-refractivity contribution >= 4 is 9.52 Å². The molecule has 0 atom stereocenters. The molecular formula is C10H16Si. The number of hydrogen-bond acceptors (Lipinski definition) is 0. The minimum atomic E-state index is 0.184. The fourth-order valence-electron chi connectivity index (χ4n) is 1.50. The number of rotatable bonds is 2. The van der Waals surface area contributed by atoms with Crippen LogP contribution in [-0.4, -0.2) is 9.52 Å². The van der Waals surface area contributed by atoms with Gasteiger partial charge in [-0.05, 0) is 19.9 Å². The maximum Gasteiger partial charge on any atom is 0.0217 e. The van der Waals surface area contributed by atoms with Crippen molar-refractivity contribution in [2.75, 3.05) is 0 Å². The van der Waals surface area contributed by atoms with Crippen molar-refractivity contribution in [2.45, 2.75) is 26.4 Å². The fraction of sp³-hybridized carbons (Fsp3) is 0.400. The lowest BCUT2D eigenvalue weighted by Crippen LogP contribution is -1.92. The second-order valence-electron chi connectivity index (χ2n) is 3.25. The second kappa shape index (κ2) is 3.72. The van der Waals surface area contributed by atoms with Crippen LogP contribution in [0.15, 0.2) is 18.2 Å². The summed E-state index contributed by atoms with van der Waals surface area (Å²) < 4.78 is 0. The summed E-state index contributed by atoms with van der Waals surface area (Å²) in [5.74, 6) is 0. The summed E-state index contributed by atoms with van der Waals surface area (Å²) >= 11 is 0. The zero-order chi connectivity index (χ0) is 8.27. The summed E-state index contributed by atoms with van der Waals surface area (Å²) in [6.07, 6.45) is 0. The monoisotopic (exact) mass is 164 g/mol. The van der Waals surface area contributed by atoms with Crippen LogP contribution >= 0.6 is 0 Å². The molecule has 0 aliphatic carbocycles. The van der Waals surface area contributed by atoms with E-state index >= 15 is 0 Å². The van der Waals surface area contributed by atoms with Gasteiger partial charge in [0.1, 0.15) is 0 Å². The van der Waals surface area contributed by atoms with E-state index in [1.165, 1.54) is 22.7 Å². The third-order valence-electron chi connectivity index (χ3n) is 1.82. The van der Waals surface area contributed by atoms with Gasteiger partial charge < -0.3 is 0 Å². The van der Waals surface area contributed by atoms with Crippen LogP contribution in [-0.2, 0) is 6.04 Å². The van der Waals surface area contributed by atoms with E-state index in [9.17, 15) is 0 Å². The molecule has 0 nitrogen and oxygen atoms in total. The van der Waals surface area contributed by atoms with Gasteiger partial charge in [-0.1, -0.05) is 41.4 Å². The number of benzene rings is 1. The Kier molecular flexibility index (Phi) is 2.89. The molecule has 0 bridgehead atoms. The smallest absolute Gasteiger partial charge is 0.0217 e. The average Bonchev–Trinajstić information content (AvgIpc) is 1.85. The Morgan fingerprint density at radius 2 is 1.64 bits per heavy atom. The first-order valence-electron chi connectivity index (χ1n) is 4.29. The van der Waals surface area contributed by atoms with Crippen molar-refractivity contribution in [3.63, 3.8) is 0 Å². The molecule has 0 N–H and O–H groups in total. The fourth-order valence-corrected chi connectivity index (χ4v) is 2.37. The Morgan fingerprint density at radius 3 is 2.09 bits per heavy atom. The van der Waals surface area contributed by atoms with Gasteiger partial charge in [-0.15, -0.1) is 0 Å². The van der Waals surface area contributed by atoms with Crippen molar-refractivity contribution in [3.8, 4) is 0 Å². The molecule has 0 heterocycles. The van der Waals surface area contributed by atoms with E-state index in [0.29, 0.717) is 0 Å². The molecule has 0 saturated heterocycles.